The summed E-state index contributed by atoms with van der Waals surface area (Å²) in [6.07, 6.45) is 1.73. The first-order valence-electron chi connectivity index (χ1n) is 9.11. The van der Waals surface area contributed by atoms with Gasteiger partial charge in [0.15, 0.2) is 0 Å². The molecule has 0 saturated heterocycles. The maximum absolute atomic E-state index is 12.7. The van der Waals surface area contributed by atoms with Crippen LogP contribution in [-0.2, 0) is 15.4 Å². The lowest BCUT2D eigenvalue weighted by Gasteiger charge is -2.19. The van der Waals surface area contributed by atoms with E-state index in [0.29, 0.717) is 11.3 Å². The van der Waals surface area contributed by atoms with Crippen molar-refractivity contribution in [3.63, 3.8) is 0 Å². The first kappa shape index (κ1) is 19.6. The van der Waals surface area contributed by atoms with Crippen LogP contribution in [0.15, 0.2) is 47.4 Å². The van der Waals surface area contributed by atoms with Crippen LogP contribution in [0, 0.1) is 6.92 Å². The molecule has 1 aliphatic carbocycles. The molecule has 1 amide bonds. The first-order valence-corrected chi connectivity index (χ1v) is 10.6. The van der Waals surface area contributed by atoms with Gasteiger partial charge in [-0.2, -0.15) is 0 Å². The molecule has 0 atom stereocenters. The summed E-state index contributed by atoms with van der Waals surface area (Å²) in [5.74, 6) is -0.320. The van der Waals surface area contributed by atoms with Gasteiger partial charge in [-0.05, 0) is 60.6 Å². The third kappa shape index (κ3) is 4.76. The van der Waals surface area contributed by atoms with E-state index in [1.165, 1.54) is 17.7 Å². The molecule has 6 heteroatoms. The van der Waals surface area contributed by atoms with Crippen LogP contribution in [0.4, 0.5) is 5.69 Å². The van der Waals surface area contributed by atoms with Gasteiger partial charge in [-0.25, -0.2) is 13.1 Å². The molecule has 144 valence electrons. The molecule has 1 aliphatic rings. The smallest absolute Gasteiger partial charge is 0.255 e. The van der Waals surface area contributed by atoms with E-state index < -0.39 is 10.0 Å². The predicted molar refractivity (Wildman–Crippen MR) is 108 cm³/mol. The molecule has 0 bridgehead atoms. The summed E-state index contributed by atoms with van der Waals surface area (Å²) in [4.78, 5) is 12.8. The van der Waals surface area contributed by atoms with Gasteiger partial charge in [-0.1, -0.05) is 39.0 Å². The monoisotopic (exact) mass is 386 g/mol. The molecule has 0 aromatic heterocycles. The average Bonchev–Trinajstić information content (AvgIpc) is 3.38. The van der Waals surface area contributed by atoms with E-state index in [-0.39, 0.29) is 22.3 Å². The summed E-state index contributed by atoms with van der Waals surface area (Å²) < 4.78 is 27.5. The Kier molecular flexibility index (Phi) is 5.14. The van der Waals surface area contributed by atoms with Crippen LogP contribution in [0.25, 0.3) is 0 Å². The zero-order valence-corrected chi connectivity index (χ0v) is 17.0. The van der Waals surface area contributed by atoms with Crippen LogP contribution >= 0.6 is 0 Å². The molecule has 2 N–H and O–H groups in total. The van der Waals surface area contributed by atoms with Crippen molar-refractivity contribution in [1.29, 1.82) is 0 Å². The van der Waals surface area contributed by atoms with Gasteiger partial charge in [0, 0.05) is 17.3 Å². The molecule has 0 unspecified atom stereocenters. The minimum absolute atomic E-state index is 0.0231. The summed E-state index contributed by atoms with van der Waals surface area (Å²) in [7, 11) is -3.59. The highest BCUT2D eigenvalue weighted by atomic mass is 32.2. The molecule has 2 aromatic carbocycles. The number of benzene rings is 2. The van der Waals surface area contributed by atoms with Crippen LogP contribution in [0.5, 0.6) is 0 Å². The SMILES string of the molecule is Cc1ccc(S(=O)(=O)NC2CC2)cc1C(=O)Nc1ccc(C(C)(C)C)cc1. The van der Waals surface area contributed by atoms with Gasteiger partial charge in [-0.3, -0.25) is 4.79 Å². The molecule has 1 saturated carbocycles. The van der Waals surface area contributed by atoms with Crippen molar-refractivity contribution in [2.24, 2.45) is 0 Å². The van der Waals surface area contributed by atoms with Gasteiger partial charge < -0.3 is 5.32 Å². The number of aryl methyl sites for hydroxylation is 1. The van der Waals surface area contributed by atoms with E-state index in [9.17, 15) is 13.2 Å². The van der Waals surface area contributed by atoms with Gasteiger partial charge in [0.25, 0.3) is 5.91 Å². The Hall–Kier alpha value is -2.18. The van der Waals surface area contributed by atoms with E-state index in [2.05, 4.69) is 30.8 Å². The Balaban J connectivity index is 1.81. The fraction of sp³-hybridized carbons (Fsp3) is 0.381. The normalized spacial score (nSPS) is 14.8. The highest BCUT2D eigenvalue weighted by Gasteiger charge is 2.28. The summed E-state index contributed by atoms with van der Waals surface area (Å²) >= 11 is 0. The van der Waals surface area contributed by atoms with Crippen molar-refractivity contribution in [3.8, 4) is 0 Å². The Labute approximate surface area is 161 Å². The third-order valence-corrected chi connectivity index (χ3v) is 6.19. The largest absolute Gasteiger partial charge is 0.322 e. The highest BCUT2D eigenvalue weighted by molar-refractivity contribution is 7.89. The fourth-order valence-electron chi connectivity index (χ4n) is 2.75. The number of anilines is 1. The quantitative estimate of drug-likeness (QED) is 0.816. The van der Waals surface area contributed by atoms with E-state index in [1.54, 1.807) is 13.0 Å². The molecular formula is C21H26N2O3S. The molecule has 27 heavy (non-hydrogen) atoms. The lowest BCUT2D eigenvalue weighted by Crippen LogP contribution is -2.26. The summed E-state index contributed by atoms with van der Waals surface area (Å²) in [6, 6.07) is 12.4. The number of sulfonamides is 1. The van der Waals surface area contributed by atoms with E-state index in [1.807, 2.05) is 24.3 Å². The van der Waals surface area contributed by atoms with Crippen LogP contribution < -0.4 is 10.0 Å². The molecule has 5 nitrogen and oxygen atoms in total. The second-order valence-corrected chi connectivity index (χ2v) is 9.87. The molecule has 1 fully saturated rings. The maximum Gasteiger partial charge on any atom is 0.255 e. The van der Waals surface area contributed by atoms with Crippen molar-refractivity contribution in [1.82, 2.24) is 4.72 Å². The number of nitrogens with one attached hydrogen (secondary N) is 2. The van der Waals surface area contributed by atoms with Crippen LogP contribution in [0.3, 0.4) is 0 Å². The van der Waals surface area contributed by atoms with E-state index in [4.69, 9.17) is 0 Å². The topological polar surface area (TPSA) is 75.3 Å². The van der Waals surface area contributed by atoms with Gasteiger partial charge in [0.2, 0.25) is 10.0 Å². The highest BCUT2D eigenvalue weighted by Crippen LogP contribution is 2.25. The third-order valence-electron chi connectivity index (χ3n) is 4.67. The number of carbonyl (C=O) groups is 1. The Morgan fingerprint density at radius 3 is 2.22 bits per heavy atom. The molecule has 2 aromatic rings. The van der Waals surface area contributed by atoms with Crippen molar-refractivity contribution in [2.75, 3.05) is 5.32 Å². The number of amides is 1. The van der Waals surface area contributed by atoms with Gasteiger partial charge in [0.05, 0.1) is 4.90 Å². The molecule has 0 aliphatic heterocycles. The Morgan fingerprint density at radius 2 is 1.67 bits per heavy atom. The van der Waals surface area contributed by atoms with Crippen LogP contribution in [-0.4, -0.2) is 20.4 Å². The zero-order chi connectivity index (χ0) is 19.8. The zero-order valence-electron chi connectivity index (χ0n) is 16.2. The second kappa shape index (κ2) is 7.09. The van der Waals surface area contributed by atoms with Gasteiger partial charge in [-0.15, -0.1) is 0 Å². The lowest BCUT2D eigenvalue weighted by molar-refractivity contribution is 0.102. The molecule has 0 radical (unpaired) electrons. The van der Waals surface area contributed by atoms with E-state index in [0.717, 1.165) is 18.4 Å². The fourth-order valence-corrected chi connectivity index (χ4v) is 4.08. The van der Waals surface area contributed by atoms with Crippen molar-refractivity contribution in [3.05, 3.63) is 59.2 Å². The number of rotatable bonds is 5. The standard InChI is InChI=1S/C21H26N2O3S/c1-14-5-12-18(27(25,26)23-17-10-11-17)13-19(14)20(24)22-16-8-6-15(7-9-16)21(2,3)4/h5-9,12-13,17,23H,10-11H2,1-4H3,(H,22,24). The van der Waals surface area contributed by atoms with Crippen molar-refractivity contribution < 1.29 is 13.2 Å². The van der Waals surface area contributed by atoms with Crippen LogP contribution in [0.1, 0.15) is 55.1 Å². The van der Waals surface area contributed by atoms with Gasteiger partial charge in [0.1, 0.15) is 0 Å². The Morgan fingerprint density at radius 1 is 1.04 bits per heavy atom. The predicted octanol–water partition coefficient (Wildman–Crippen LogP) is 3.99. The maximum atomic E-state index is 12.7. The number of hydrogen-bond donors (Lipinski definition) is 2. The number of hydrogen-bond acceptors (Lipinski definition) is 3. The molecule has 0 spiro atoms. The van der Waals surface area contributed by atoms with Crippen LogP contribution in [0.2, 0.25) is 0 Å². The lowest BCUT2D eigenvalue weighted by atomic mass is 9.87. The first-order chi connectivity index (χ1) is 12.6. The summed E-state index contributed by atoms with van der Waals surface area (Å²) in [6.45, 7) is 8.19. The molecular weight excluding hydrogens is 360 g/mol. The Bertz CT molecular complexity index is 954. The minimum Gasteiger partial charge on any atom is -0.322 e. The second-order valence-electron chi connectivity index (χ2n) is 8.15. The van der Waals surface area contributed by atoms with Crippen molar-refractivity contribution >= 4 is 21.6 Å². The average molecular weight is 387 g/mol. The van der Waals surface area contributed by atoms with Gasteiger partial charge >= 0.3 is 0 Å². The summed E-state index contributed by atoms with van der Waals surface area (Å²) in [5.41, 5.74) is 2.97. The van der Waals surface area contributed by atoms with Crippen molar-refractivity contribution in [2.45, 2.75) is 56.9 Å². The summed E-state index contributed by atoms with van der Waals surface area (Å²) in [5, 5.41) is 2.86. The minimum atomic E-state index is -3.59. The molecule has 3 rings (SSSR count). The van der Waals surface area contributed by atoms with E-state index >= 15 is 0 Å². The molecule has 0 heterocycles. The number of carbonyl (C=O) groups excluding carboxylic acids is 1.